The van der Waals surface area contributed by atoms with Gasteiger partial charge in [-0.05, 0) is 67.6 Å². The summed E-state index contributed by atoms with van der Waals surface area (Å²) < 4.78 is 16.4. The van der Waals surface area contributed by atoms with Crippen molar-refractivity contribution >= 4 is 17.4 Å². The summed E-state index contributed by atoms with van der Waals surface area (Å²) in [6.45, 7) is 9.26. The van der Waals surface area contributed by atoms with Gasteiger partial charge in [-0.25, -0.2) is 0 Å². The Morgan fingerprint density at radius 2 is 1.86 bits per heavy atom. The lowest BCUT2D eigenvalue weighted by atomic mass is 9.93. The van der Waals surface area contributed by atoms with Crippen molar-refractivity contribution in [2.24, 2.45) is 5.92 Å². The molecule has 1 aliphatic heterocycles. The van der Waals surface area contributed by atoms with Crippen molar-refractivity contribution < 1.29 is 34.0 Å². The molecule has 3 rings (SSSR count). The Kier molecular flexibility index (Phi) is 8.98. The number of phenolic OH excluding ortho intramolecular Hbond substituents is 1. The summed E-state index contributed by atoms with van der Waals surface area (Å²) in [6, 6.07) is 9.07. The molecule has 2 N–H and O–H groups in total. The number of methoxy groups -OCH3 is 1. The highest BCUT2D eigenvalue weighted by Crippen LogP contribution is 2.42. The average Bonchev–Trinajstić information content (AvgIpc) is 3.09. The minimum atomic E-state index is -0.849. The normalized spacial score (nSPS) is 17.2. The number of hydrogen-bond donors (Lipinski definition) is 2. The number of aliphatic hydroxyl groups is 1. The molecular weight excluding hydrogens is 462 g/mol. The van der Waals surface area contributed by atoms with Gasteiger partial charge in [0.1, 0.15) is 11.5 Å². The first kappa shape index (κ1) is 27.1. The summed E-state index contributed by atoms with van der Waals surface area (Å²) in [5.41, 5.74) is 1.68. The molecule has 1 saturated heterocycles. The van der Waals surface area contributed by atoms with Gasteiger partial charge >= 0.3 is 0 Å². The van der Waals surface area contributed by atoms with E-state index in [1.54, 1.807) is 44.4 Å². The van der Waals surface area contributed by atoms with E-state index in [-0.39, 0.29) is 29.4 Å². The van der Waals surface area contributed by atoms with Gasteiger partial charge < -0.3 is 29.3 Å². The van der Waals surface area contributed by atoms with Crippen LogP contribution in [-0.2, 0) is 14.3 Å². The summed E-state index contributed by atoms with van der Waals surface area (Å²) in [4.78, 5) is 27.8. The molecule has 0 spiro atoms. The highest BCUT2D eigenvalue weighted by atomic mass is 16.5. The number of aromatic hydroxyl groups is 1. The number of nitrogens with zero attached hydrogens (tertiary/aromatic N) is 1. The molecule has 0 bridgehead atoms. The second-order valence-electron chi connectivity index (χ2n) is 9.18. The van der Waals surface area contributed by atoms with Gasteiger partial charge in [-0.3, -0.25) is 9.59 Å². The maximum absolute atomic E-state index is 13.2. The number of ketones is 1. The highest BCUT2D eigenvalue weighted by Gasteiger charge is 2.46. The zero-order chi connectivity index (χ0) is 26.4. The van der Waals surface area contributed by atoms with Crippen LogP contribution in [0.2, 0.25) is 0 Å². The first-order valence-corrected chi connectivity index (χ1v) is 12.2. The number of phenols is 1. The fourth-order valence-electron chi connectivity index (χ4n) is 4.21. The van der Waals surface area contributed by atoms with E-state index in [9.17, 15) is 19.8 Å². The van der Waals surface area contributed by atoms with Gasteiger partial charge in [0.2, 0.25) is 0 Å². The van der Waals surface area contributed by atoms with Crippen LogP contribution in [0.15, 0.2) is 42.0 Å². The Morgan fingerprint density at radius 3 is 2.50 bits per heavy atom. The molecule has 1 heterocycles. The third kappa shape index (κ3) is 5.82. The molecule has 1 unspecified atom stereocenters. The molecule has 1 fully saturated rings. The molecule has 2 aromatic rings. The lowest BCUT2D eigenvalue weighted by molar-refractivity contribution is -0.140. The van der Waals surface area contributed by atoms with Crippen LogP contribution < -0.4 is 9.47 Å². The van der Waals surface area contributed by atoms with Crippen LogP contribution in [0.4, 0.5) is 0 Å². The number of carbonyl (C=O) groups is 2. The van der Waals surface area contributed by atoms with E-state index in [0.29, 0.717) is 54.6 Å². The van der Waals surface area contributed by atoms with Crippen LogP contribution >= 0.6 is 0 Å². The SMILES string of the molecule is CCOc1cc(C2/C(=C(\O)c3ccc(OCC(C)C)cc3C)C(=O)C(=O)N2CCCOC)ccc1O. The molecule has 1 aliphatic rings. The van der Waals surface area contributed by atoms with Gasteiger partial charge in [0, 0.05) is 25.8 Å². The number of benzene rings is 2. The summed E-state index contributed by atoms with van der Waals surface area (Å²) in [7, 11) is 1.57. The molecule has 8 heteroatoms. The first-order valence-electron chi connectivity index (χ1n) is 12.2. The van der Waals surface area contributed by atoms with E-state index in [1.165, 1.54) is 11.0 Å². The highest BCUT2D eigenvalue weighted by molar-refractivity contribution is 6.46. The van der Waals surface area contributed by atoms with E-state index in [0.717, 1.165) is 0 Å². The van der Waals surface area contributed by atoms with Crippen LogP contribution in [0.5, 0.6) is 17.2 Å². The summed E-state index contributed by atoms with van der Waals surface area (Å²) in [5.74, 6) is -0.510. The molecule has 194 valence electrons. The van der Waals surface area contributed by atoms with Gasteiger partial charge in [0.25, 0.3) is 11.7 Å². The number of aryl methyl sites for hydroxylation is 1. The number of ether oxygens (including phenoxy) is 3. The number of aliphatic hydroxyl groups excluding tert-OH is 1. The van der Waals surface area contributed by atoms with Gasteiger partial charge in [0.15, 0.2) is 11.5 Å². The van der Waals surface area contributed by atoms with E-state index in [1.807, 2.05) is 6.92 Å². The van der Waals surface area contributed by atoms with Crippen molar-refractivity contribution in [3.05, 3.63) is 58.7 Å². The molecule has 1 amide bonds. The Hall–Kier alpha value is -3.52. The fourth-order valence-corrected chi connectivity index (χ4v) is 4.21. The summed E-state index contributed by atoms with van der Waals surface area (Å²) >= 11 is 0. The van der Waals surface area contributed by atoms with Crippen LogP contribution in [0.25, 0.3) is 5.76 Å². The zero-order valence-corrected chi connectivity index (χ0v) is 21.5. The standard InChI is InChI=1S/C28H35NO7/c1-6-35-23-15-19(8-11-22(23)30)25-24(27(32)28(33)29(25)12-7-13-34-5)26(31)21-10-9-20(14-18(21)4)36-16-17(2)3/h8-11,14-15,17,25,30-31H,6-7,12-13,16H2,1-5H3/b26-24+. The molecule has 0 aliphatic carbocycles. The molecular formula is C28H35NO7. The predicted molar refractivity (Wildman–Crippen MR) is 136 cm³/mol. The third-order valence-corrected chi connectivity index (χ3v) is 5.92. The van der Waals surface area contributed by atoms with Crippen molar-refractivity contribution in [2.75, 3.05) is 33.5 Å². The third-order valence-electron chi connectivity index (χ3n) is 5.92. The van der Waals surface area contributed by atoms with E-state index < -0.39 is 17.7 Å². The Balaban J connectivity index is 2.11. The average molecular weight is 498 g/mol. The molecule has 36 heavy (non-hydrogen) atoms. The maximum Gasteiger partial charge on any atom is 0.295 e. The number of amides is 1. The molecule has 0 saturated carbocycles. The van der Waals surface area contributed by atoms with E-state index in [4.69, 9.17) is 14.2 Å². The largest absolute Gasteiger partial charge is 0.507 e. The lowest BCUT2D eigenvalue weighted by Gasteiger charge is -2.26. The molecule has 0 radical (unpaired) electrons. The van der Waals surface area contributed by atoms with Crippen molar-refractivity contribution in [3.8, 4) is 17.2 Å². The number of likely N-dealkylation sites (tertiary alicyclic amines) is 1. The second kappa shape index (κ2) is 11.9. The first-order chi connectivity index (χ1) is 17.2. The van der Waals surface area contributed by atoms with Crippen LogP contribution in [0.3, 0.4) is 0 Å². The van der Waals surface area contributed by atoms with Gasteiger partial charge in [-0.15, -0.1) is 0 Å². The number of carbonyl (C=O) groups excluding carboxylic acids is 2. The fraction of sp³-hybridized carbons (Fsp3) is 0.429. The quantitative estimate of drug-likeness (QED) is 0.202. The lowest BCUT2D eigenvalue weighted by Crippen LogP contribution is -2.31. The number of rotatable bonds is 11. The van der Waals surface area contributed by atoms with Crippen molar-refractivity contribution in [1.82, 2.24) is 4.90 Å². The van der Waals surface area contributed by atoms with Gasteiger partial charge in [-0.2, -0.15) is 0 Å². The van der Waals surface area contributed by atoms with Gasteiger partial charge in [-0.1, -0.05) is 19.9 Å². The second-order valence-corrected chi connectivity index (χ2v) is 9.18. The Bertz CT molecular complexity index is 1140. The van der Waals surface area contributed by atoms with E-state index >= 15 is 0 Å². The minimum absolute atomic E-state index is 0.00972. The number of hydrogen-bond acceptors (Lipinski definition) is 7. The van der Waals surface area contributed by atoms with Crippen LogP contribution in [0, 0.1) is 12.8 Å². The van der Waals surface area contributed by atoms with Crippen LogP contribution in [-0.4, -0.2) is 60.3 Å². The number of Topliss-reactive ketones (excluding diaryl/α,β-unsaturated/α-hetero) is 1. The van der Waals surface area contributed by atoms with Crippen molar-refractivity contribution in [3.63, 3.8) is 0 Å². The van der Waals surface area contributed by atoms with Crippen molar-refractivity contribution in [1.29, 1.82) is 0 Å². The Morgan fingerprint density at radius 1 is 1.11 bits per heavy atom. The molecule has 1 atom stereocenters. The van der Waals surface area contributed by atoms with Gasteiger partial charge in [0.05, 0.1) is 24.8 Å². The zero-order valence-electron chi connectivity index (χ0n) is 21.5. The topological polar surface area (TPSA) is 106 Å². The Labute approximate surface area is 212 Å². The molecule has 0 aromatic heterocycles. The minimum Gasteiger partial charge on any atom is -0.507 e. The monoisotopic (exact) mass is 497 g/mol. The van der Waals surface area contributed by atoms with Crippen molar-refractivity contribution in [2.45, 2.75) is 40.2 Å². The summed E-state index contributed by atoms with van der Waals surface area (Å²) in [5, 5.41) is 21.6. The maximum atomic E-state index is 13.2. The molecule has 2 aromatic carbocycles. The smallest absolute Gasteiger partial charge is 0.295 e. The molecule has 8 nitrogen and oxygen atoms in total. The summed E-state index contributed by atoms with van der Waals surface area (Å²) in [6.07, 6.45) is 0.511. The van der Waals surface area contributed by atoms with E-state index in [2.05, 4.69) is 13.8 Å². The van der Waals surface area contributed by atoms with Crippen LogP contribution in [0.1, 0.15) is 49.9 Å². The predicted octanol–water partition coefficient (Wildman–Crippen LogP) is 4.59.